The van der Waals surface area contributed by atoms with Crippen molar-refractivity contribution >= 4 is 28.9 Å². The highest BCUT2D eigenvalue weighted by Crippen LogP contribution is 2.30. The third-order valence-corrected chi connectivity index (χ3v) is 5.27. The molecule has 0 atom stereocenters. The molecule has 1 amide bonds. The molecule has 6 nitrogen and oxygen atoms in total. The quantitative estimate of drug-likeness (QED) is 0.342. The first-order valence-corrected chi connectivity index (χ1v) is 11.2. The van der Waals surface area contributed by atoms with E-state index < -0.39 is 22.9 Å². The normalized spacial score (nSPS) is 10.4. The fraction of sp³-hybridized carbons (Fsp3) is 0.160. The second-order valence-electron chi connectivity index (χ2n) is 7.08. The standard InChI is InChI=1S/C25H21F2NO5S/c1-16(29)28-11-12-34-25(31)33-23-10-7-18(20-9-8-19(26)14-22(20)27)13-21(23)24(30)32-15-17-5-3-2-4-6-17/h2-10,13-14H,11-12,15H2,1H3,(H,28,29). The molecule has 0 aromatic heterocycles. The van der Waals surface area contributed by atoms with Crippen LogP contribution in [0.2, 0.25) is 0 Å². The van der Waals surface area contributed by atoms with E-state index in [1.165, 1.54) is 31.2 Å². The highest BCUT2D eigenvalue weighted by Gasteiger charge is 2.20. The van der Waals surface area contributed by atoms with E-state index in [-0.39, 0.29) is 47.3 Å². The van der Waals surface area contributed by atoms with Gasteiger partial charge in [-0.25, -0.2) is 18.4 Å². The van der Waals surface area contributed by atoms with Crippen molar-refractivity contribution in [2.24, 2.45) is 0 Å². The smallest absolute Gasteiger partial charge is 0.372 e. The average Bonchev–Trinajstić information content (AvgIpc) is 2.81. The van der Waals surface area contributed by atoms with Gasteiger partial charge in [0.1, 0.15) is 29.6 Å². The Morgan fingerprint density at radius 3 is 2.44 bits per heavy atom. The van der Waals surface area contributed by atoms with E-state index in [4.69, 9.17) is 9.47 Å². The molecule has 0 aliphatic rings. The van der Waals surface area contributed by atoms with Crippen molar-refractivity contribution in [3.05, 3.63) is 89.5 Å². The first-order valence-electron chi connectivity index (χ1n) is 10.2. The number of ether oxygens (including phenoxy) is 2. The van der Waals surface area contributed by atoms with Gasteiger partial charge in [0.2, 0.25) is 5.91 Å². The lowest BCUT2D eigenvalue weighted by Gasteiger charge is -2.13. The zero-order valence-electron chi connectivity index (χ0n) is 18.2. The summed E-state index contributed by atoms with van der Waals surface area (Å²) in [5.74, 6) is -2.33. The van der Waals surface area contributed by atoms with Gasteiger partial charge in [0.15, 0.2) is 0 Å². The van der Waals surface area contributed by atoms with Crippen LogP contribution in [0.15, 0.2) is 66.7 Å². The minimum absolute atomic E-state index is 0.0202. The molecular formula is C25H21F2NO5S. The van der Waals surface area contributed by atoms with Crippen LogP contribution in [0, 0.1) is 11.6 Å². The molecule has 0 spiro atoms. The fourth-order valence-electron chi connectivity index (χ4n) is 2.95. The van der Waals surface area contributed by atoms with Crippen LogP contribution in [0.3, 0.4) is 0 Å². The monoisotopic (exact) mass is 485 g/mol. The van der Waals surface area contributed by atoms with Crippen LogP contribution < -0.4 is 10.1 Å². The summed E-state index contributed by atoms with van der Waals surface area (Å²) in [6, 6.07) is 16.2. The van der Waals surface area contributed by atoms with E-state index in [2.05, 4.69) is 5.32 Å². The van der Waals surface area contributed by atoms with Crippen LogP contribution in [0.5, 0.6) is 5.75 Å². The third kappa shape index (κ3) is 7.14. The van der Waals surface area contributed by atoms with Crippen molar-refractivity contribution in [3.8, 4) is 16.9 Å². The molecule has 34 heavy (non-hydrogen) atoms. The van der Waals surface area contributed by atoms with Crippen molar-refractivity contribution in [1.29, 1.82) is 0 Å². The van der Waals surface area contributed by atoms with Crippen molar-refractivity contribution in [2.75, 3.05) is 12.3 Å². The summed E-state index contributed by atoms with van der Waals surface area (Å²) < 4.78 is 38.3. The average molecular weight is 486 g/mol. The lowest BCUT2D eigenvalue weighted by atomic mass is 10.0. The summed E-state index contributed by atoms with van der Waals surface area (Å²) in [7, 11) is 0. The Hall–Kier alpha value is -3.72. The molecule has 3 rings (SSSR count). The van der Waals surface area contributed by atoms with Crippen molar-refractivity contribution in [2.45, 2.75) is 13.5 Å². The van der Waals surface area contributed by atoms with E-state index in [1.807, 2.05) is 6.07 Å². The molecular weight excluding hydrogens is 464 g/mol. The van der Waals surface area contributed by atoms with Crippen LogP contribution in [-0.4, -0.2) is 29.5 Å². The molecule has 0 aliphatic heterocycles. The molecule has 0 unspecified atom stereocenters. The Kier molecular flexibility index (Phi) is 8.75. The largest absolute Gasteiger partial charge is 0.457 e. The van der Waals surface area contributed by atoms with E-state index in [0.29, 0.717) is 0 Å². The Morgan fingerprint density at radius 1 is 0.971 bits per heavy atom. The van der Waals surface area contributed by atoms with E-state index in [1.54, 1.807) is 24.3 Å². The van der Waals surface area contributed by atoms with E-state index in [9.17, 15) is 23.2 Å². The van der Waals surface area contributed by atoms with Gasteiger partial charge in [-0.2, -0.15) is 0 Å². The Balaban J connectivity index is 1.82. The summed E-state index contributed by atoms with van der Waals surface area (Å²) in [5, 5.41) is 1.87. The lowest BCUT2D eigenvalue weighted by molar-refractivity contribution is -0.118. The van der Waals surface area contributed by atoms with Gasteiger partial charge in [0.05, 0.1) is 0 Å². The van der Waals surface area contributed by atoms with Gasteiger partial charge < -0.3 is 14.8 Å². The number of nitrogens with one attached hydrogen (secondary N) is 1. The fourth-order valence-corrected chi connectivity index (χ4v) is 3.47. The Bertz CT molecular complexity index is 1190. The van der Waals surface area contributed by atoms with Gasteiger partial charge in [-0.1, -0.05) is 36.4 Å². The molecule has 176 valence electrons. The first-order chi connectivity index (χ1) is 16.3. The molecule has 0 radical (unpaired) electrons. The zero-order chi connectivity index (χ0) is 24.5. The molecule has 0 saturated heterocycles. The second-order valence-corrected chi connectivity index (χ2v) is 8.11. The van der Waals surface area contributed by atoms with Gasteiger partial charge in [-0.05, 0) is 47.2 Å². The number of carbonyl (C=O) groups excluding carboxylic acids is 3. The molecule has 0 saturated carbocycles. The number of amides is 1. The van der Waals surface area contributed by atoms with Crippen molar-refractivity contribution in [3.63, 3.8) is 0 Å². The summed E-state index contributed by atoms with van der Waals surface area (Å²) >= 11 is 0.819. The number of halogens is 2. The Morgan fingerprint density at radius 2 is 1.74 bits per heavy atom. The van der Waals surface area contributed by atoms with Gasteiger partial charge in [0, 0.05) is 30.9 Å². The molecule has 1 N–H and O–H groups in total. The minimum atomic E-state index is -0.804. The van der Waals surface area contributed by atoms with E-state index >= 15 is 0 Å². The number of thioether (sulfide) groups is 1. The number of benzene rings is 3. The lowest BCUT2D eigenvalue weighted by Crippen LogP contribution is -2.23. The predicted octanol–water partition coefficient (Wildman–Crippen LogP) is 5.36. The van der Waals surface area contributed by atoms with Gasteiger partial charge in [0.25, 0.3) is 0 Å². The number of rotatable bonds is 8. The molecule has 0 bridgehead atoms. The maximum absolute atomic E-state index is 14.3. The van der Waals surface area contributed by atoms with Crippen LogP contribution >= 0.6 is 11.8 Å². The highest BCUT2D eigenvalue weighted by molar-refractivity contribution is 8.13. The summed E-state index contributed by atoms with van der Waals surface area (Å²) in [6.07, 6.45) is 0. The molecule has 0 aliphatic carbocycles. The Labute approximate surface area is 199 Å². The van der Waals surface area contributed by atoms with Crippen molar-refractivity contribution < 1.29 is 32.6 Å². The maximum atomic E-state index is 14.3. The maximum Gasteiger partial charge on any atom is 0.372 e. The predicted molar refractivity (Wildman–Crippen MR) is 125 cm³/mol. The topological polar surface area (TPSA) is 81.7 Å². The number of carbonyl (C=O) groups is 3. The van der Waals surface area contributed by atoms with E-state index in [0.717, 1.165) is 29.5 Å². The number of esters is 1. The SMILES string of the molecule is CC(=O)NCCSC(=O)Oc1ccc(-c2ccc(F)cc2F)cc1C(=O)OCc1ccccc1. The van der Waals surface area contributed by atoms with Gasteiger partial charge >= 0.3 is 11.3 Å². The van der Waals surface area contributed by atoms with Crippen LogP contribution in [-0.2, 0) is 16.1 Å². The first kappa shape index (κ1) is 24.9. The summed E-state index contributed by atoms with van der Waals surface area (Å²) in [5.41, 5.74) is 1.01. The second kappa shape index (κ2) is 11.9. The molecule has 3 aromatic carbocycles. The molecule has 3 aromatic rings. The molecule has 9 heteroatoms. The highest BCUT2D eigenvalue weighted by atomic mass is 32.2. The number of hydrogen-bond acceptors (Lipinski definition) is 6. The van der Waals surface area contributed by atoms with Crippen LogP contribution in [0.25, 0.3) is 11.1 Å². The minimum Gasteiger partial charge on any atom is -0.457 e. The molecule has 0 fully saturated rings. The van der Waals surface area contributed by atoms with Gasteiger partial charge in [-0.15, -0.1) is 0 Å². The van der Waals surface area contributed by atoms with Crippen LogP contribution in [0.4, 0.5) is 13.6 Å². The molecule has 0 heterocycles. The van der Waals surface area contributed by atoms with Crippen molar-refractivity contribution in [1.82, 2.24) is 5.32 Å². The summed E-state index contributed by atoms with van der Waals surface area (Å²) in [4.78, 5) is 36.0. The van der Waals surface area contributed by atoms with Gasteiger partial charge in [-0.3, -0.25) is 4.79 Å². The van der Waals surface area contributed by atoms with Crippen LogP contribution in [0.1, 0.15) is 22.8 Å². The zero-order valence-corrected chi connectivity index (χ0v) is 19.0. The number of hydrogen-bond donors (Lipinski definition) is 1. The summed E-state index contributed by atoms with van der Waals surface area (Å²) in [6.45, 7) is 1.61. The third-order valence-electron chi connectivity index (χ3n) is 4.54.